The lowest BCUT2D eigenvalue weighted by Crippen LogP contribution is -2.04. The summed E-state index contributed by atoms with van der Waals surface area (Å²) in [5.41, 5.74) is 9.09. The first-order valence-electron chi connectivity index (χ1n) is 6.78. The lowest BCUT2D eigenvalue weighted by atomic mass is 10.1. The zero-order valence-corrected chi connectivity index (χ0v) is 11.8. The van der Waals surface area contributed by atoms with Crippen LogP contribution in [0, 0.1) is 0 Å². The second kappa shape index (κ2) is 5.75. The Morgan fingerprint density at radius 3 is 2.71 bits per heavy atom. The van der Waals surface area contributed by atoms with Crippen LogP contribution in [-0.4, -0.2) is 18.6 Å². The van der Waals surface area contributed by atoms with E-state index in [1.165, 1.54) is 5.56 Å². The predicted octanol–water partition coefficient (Wildman–Crippen LogP) is 3.07. The molecule has 0 atom stereocenters. The third kappa shape index (κ3) is 2.91. The Labute approximate surface area is 122 Å². The van der Waals surface area contributed by atoms with Crippen molar-refractivity contribution in [2.45, 2.75) is 6.42 Å². The van der Waals surface area contributed by atoms with E-state index < -0.39 is 0 Å². The molecule has 0 aliphatic rings. The predicted molar refractivity (Wildman–Crippen MR) is 83.6 cm³/mol. The van der Waals surface area contributed by atoms with E-state index in [1.807, 2.05) is 42.5 Å². The first-order chi connectivity index (χ1) is 10.3. The Kier molecular flexibility index (Phi) is 3.64. The van der Waals surface area contributed by atoms with Crippen molar-refractivity contribution < 1.29 is 9.15 Å². The SMILES string of the molecule is COc1ccc(CCNc2nc3c(N)cccc3o2)cc1. The molecule has 1 aromatic heterocycles. The maximum Gasteiger partial charge on any atom is 0.295 e. The Morgan fingerprint density at radius 2 is 2.00 bits per heavy atom. The van der Waals surface area contributed by atoms with E-state index in [2.05, 4.69) is 10.3 Å². The zero-order valence-electron chi connectivity index (χ0n) is 11.8. The molecule has 1 heterocycles. The number of benzene rings is 2. The topological polar surface area (TPSA) is 73.3 Å². The highest BCUT2D eigenvalue weighted by Gasteiger charge is 2.07. The Hall–Kier alpha value is -2.69. The van der Waals surface area contributed by atoms with Crippen molar-refractivity contribution in [3.05, 3.63) is 48.0 Å². The van der Waals surface area contributed by atoms with Gasteiger partial charge in [-0.15, -0.1) is 0 Å². The Morgan fingerprint density at radius 1 is 1.19 bits per heavy atom. The molecule has 0 amide bonds. The van der Waals surface area contributed by atoms with Gasteiger partial charge in [-0.05, 0) is 36.2 Å². The number of para-hydroxylation sites is 1. The van der Waals surface area contributed by atoms with Gasteiger partial charge in [-0.2, -0.15) is 4.98 Å². The van der Waals surface area contributed by atoms with Crippen LogP contribution in [0.15, 0.2) is 46.9 Å². The van der Waals surface area contributed by atoms with Crippen LogP contribution < -0.4 is 15.8 Å². The zero-order chi connectivity index (χ0) is 14.7. The molecular formula is C16H17N3O2. The molecular weight excluding hydrogens is 266 g/mol. The van der Waals surface area contributed by atoms with Gasteiger partial charge in [-0.3, -0.25) is 0 Å². The van der Waals surface area contributed by atoms with Crippen LogP contribution in [0.5, 0.6) is 5.75 Å². The monoisotopic (exact) mass is 283 g/mol. The first kappa shape index (κ1) is 13.3. The smallest absolute Gasteiger partial charge is 0.295 e. The number of aromatic nitrogens is 1. The standard InChI is InChI=1S/C16H17N3O2/c1-20-12-7-5-11(6-8-12)9-10-18-16-19-15-13(17)3-2-4-14(15)21-16/h2-8H,9-10,17H2,1H3,(H,18,19). The molecule has 5 nitrogen and oxygen atoms in total. The normalized spacial score (nSPS) is 10.7. The number of nitrogens with zero attached hydrogens (tertiary/aromatic N) is 1. The molecule has 2 aromatic carbocycles. The van der Waals surface area contributed by atoms with Gasteiger partial charge < -0.3 is 20.2 Å². The van der Waals surface area contributed by atoms with Gasteiger partial charge >= 0.3 is 0 Å². The van der Waals surface area contributed by atoms with Crippen molar-refractivity contribution in [1.29, 1.82) is 0 Å². The van der Waals surface area contributed by atoms with Gasteiger partial charge in [0.25, 0.3) is 6.01 Å². The molecule has 0 bridgehead atoms. The first-order valence-corrected chi connectivity index (χ1v) is 6.78. The van der Waals surface area contributed by atoms with Gasteiger partial charge in [-0.1, -0.05) is 18.2 Å². The quantitative estimate of drug-likeness (QED) is 0.704. The number of anilines is 2. The van der Waals surface area contributed by atoms with E-state index in [4.69, 9.17) is 14.9 Å². The van der Waals surface area contributed by atoms with E-state index >= 15 is 0 Å². The minimum Gasteiger partial charge on any atom is -0.497 e. The molecule has 0 aliphatic heterocycles. The second-order valence-corrected chi connectivity index (χ2v) is 4.74. The molecule has 0 fully saturated rings. The molecule has 3 aromatic rings. The lowest BCUT2D eigenvalue weighted by molar-refractivity contribution is 0.414. The van der Waals surface area contributed by atoms with E-state index in [9.17, 15) is 0 Å². The minimum atomic E-state index is 0.497. The van der Waals surface area contributed by atoms with E-state index in [1.54, 1.807) is 7.11 Å². The number of hydrogen-bond acceptors (Lipinski definition) is 5. The summed E-state index contributed by atoms with van der Waals surface area (Å²) in [4.78, 5) is 4.35. The van der Waals surface area contributed by atoms with Crippen LogP contribution in [0.2, 0.25) is 0 Å². The summed E-state index contributed by atoms with van der Waals surface area (Å²) in [7, 11) is 1.66. The molecule has 0 unspecified atom stereocenters. The number of rotatable bonds is 5. The molecule has 3 N–H and O–H groups in total. The Balaban J connectivity index is 1.62. The molecule has 0 saturated carbocycles. The Bertz CT molecular complexity index is 735. The summed E-state index contributed by atoms with van der Waals surface area (Å²) in [5, 5.41) is 3.17. The molecule has 21 heavy (non-hydrogen) atoms. The summed E-state index contributed by atoms with van der Waals surface area (Å²) in [5.74, 6) is 0.862. The number of nitrogens with one attached hydrogen (secondary N) is 1. The number of hydrogen-bond donors (Lipinski definition) is 2. The van der Waals surface area contributed by atoms with Crippen LogP contribution in [0.1, 0.15) is 5.56 Å². The fourth-order valence-corrected chi connectivity index (χ4v) is 2.15. The average molecular weight is 283 g/mol. The van der Waals surface area contributed by atoms with Crippen LogP contribution in [0.3, 0.4) is 0 Å². The lowest BCUT2D eigenvalue weighted by Gasteiger charge is -2.04. The van der Waals surface area contributed by atoms with Crippen molar-refractivity contribution in [3.63, 3.8) is 0 Å². The second-order valence-electron chi connectivity index (χ2n) is 4.74. The van der Waals surface area contributed by atoms with Crippen molar-refractivity contribution in [3.8, 4) is 5.75 Å². The van der Waals surface area contributed by atoms with Gasteiger partial charge in [0.15, 0.2) is 5.58 Å². The number of nitrogens with two attached hydrogens (primary N) is 1. The highest BCUT2D eigenvalue weighted by Crippen LogP contribution is 2.23. The van der Waals surface area contributed by atoms with E-state index in [0.29, 0.717) is 22.8 Å². The minimum absolute atomic E-state index is 0.497. The van der Waals surface area contributed by atoms with E-state index in [0.717, 1.165) is 18.7 Å². The third-order valence-electron chi connectivity index (χ3n) is 3.30. The highest BCUT2D eigenvalue weighted by molar-refractivity contribution is 5.86. The van der Waals surface area contributed by atoms with Gasteiger partial charge in [0.1, 0.15) is 11.3 Å². The number of nitrogen functional groups attached to an aromatic ring is 1. The van der Waals surface area contributed by atoms with Crippen molar-refractivity contribution in [2.75, 3.05) is 24.7 Å². The summed E-state index contributed by atoms with van der Waals surface area (Å²) >= 11 is 0. The highest BCUT2D eigenvalue weighted by atomic mass is 16.5. The van der Waals surface area contributed by atoms with Crippen LogP contribution >= 0.6 is 0 Å². The van der Waals surface area contributed by atoms with Gasteiger partial charge in [-0.25, -0.2) is 0 Å². The van der Waals surface area contributed by atoms with E-state index in [-0.39, 0.29) is 0 Å². The van der Waals surface area contributed by atoms with Crippen LogP contribution in [0.25, 0.3) is 11.1 Å². The third-order valence-corrected chi connectivity index (χ3v) is 3.30. The molecule has 3 rings (SSSR count). The van der Waals surface area contributed by atoms with Crippen molar-refractivity contribution >= 4 is 22.8 Å². The molecule has 0 spiro atoms. The number of methoxy groups -OCH3 is 1. The molecule has 0 aliphatic carbocycles. The summed E-state index contributed by atoms with van der Waals surface area (Å²) in [6, 6.07) is 14.0. The fraction of sp³-hybridized carbons (Fsp3) is 0.188. The molecule has 5 heteroatoms. The van der Waals surface area contributed by atoms with Gasteiger partial charge in [0.2, 0.25) is 0 Å². The molecule has 0 saturated heterocycles. The molecule has 0 radical (unpaired) electrons. The van der Waals surface area contributed by atoms with Crippen molar-refractivity contribution in [1.82, 2.24) is 4.98 Å². The van der Waals surface area contributed by atoms with Crippen molar-refractivity contribution in [2.24, 2.45) is 0 Å². The number of fused-ring (bicyclic) bond motifs is 1. The largest absolute Gasteiger partial charge is 0.497 e. The van der Waals surface area contributed by atoms with Gasteiger partial charge in [0, 0.05) is 6.54 Å². The number of ether oxygens (including phenoxy) is 1. The maximum atomic E-state index is 5.85. The van der Waals surface area contributed by atoms with Crippen LogP contribution in [0.4, 0.5) is 11.7 Å². The van der Waals surface area contributed by atoms with Gasteiger partial charge in [0.05, 0.1) is 12.8 Å². The summed E-state index contributed by atoms with van der Waals surface area (Å²) < 4.78 is 10.7. The summed E-state index contributed by atoms with van der Waals surface area (Å²) in [6.07, 6.45) is 0.873. The maximum absolute atomic E-state index is 5.85. The number of oxazole rings is 1. The fourth-order valence-electron chi connectivity index (χ4n) is 2.15. The molecule has 108 valence electrons. The van der Waals surface area contributed by atoms with Crippen LogP contribution in [-0.2, 0) is 6.42 Å². The summed E-state index contributed by atoms with van der Waals surface area (Å²) in [6.45, 7) is 0.735. The average Bonchev–Trinajstić information content (AvgIpc) is 2.92.